The maximum Gasteiger partial charge on any atom is 0.162 e. The summed E-state index contributed by atoms with van der Waals surface area (Å²) in [4.78, 5) is 30.6. The molecule has 1 aliphatic heterocycles. The number of hydrogen-bond donors (Lipinski definition) is 0. The highest BCUT2D eigenvalue weighted by molar-refractivity contribution is 6.42. The minimum absolute atomic E-state index is 0.138. The fourth-order valence-electron chi connectivity index (χ4n) is 7.28. The van der Waals surface area contributed by atoms with Gasteiger partial charge in [-0.15, -0.1) is 0 Å². The van der Waals surface area contributed by atoms with Crippen LogP contribution >= 0.6 is 23.2 Å². The molecule has 2 heterocycles. The topological polar surface area (TPSA) is 51.5 Å². The van der Waals surface area contributed by atoms with Crippen LogP contribution in [0.2, 0.25) is 10.0 Å². The van der Waals surface area contributed by atoms with E-state index in [-0.39, 0.29) is 22.4 Å². The lowest BCUT2D eigenvalue weighted by molar-refractivity contribution is -0.119. The van der Waals surface area contributed by atoms with E-state index in [4.69, 9.17) is 27.9 Å². The van der Waals surface area contributed by atoms with Gasteiger partial charge >= 0.3 is 0 Å². The molecule has 0 unspecified atom stereocenters. The van der Waals surface area contributed by atoms with Gasteiger partial charge in [0.05, 0.1) is 16.7 Å². The number of hydrogen-bond acceptors (Lipinski definition) is 4. The molecule has 0 spiro atoms. The summed E-state index contributed by atoms with van der Waals surface area (Å²) in [7, 11) is 1.70. The molecule has 7 heteroatoms. The van der Waals surface area contributed by atoms with Crippen molar-refractivity contribution in [1.82, 2.24) is 9.47 Å². The van der Waals surface area contributed by atoms with Crippen LogP contribution in [0.3, 0.4) is 0 Å². The molecule has 3 aromatic rings. The molecular formula is C35H38Cl2N2O3. The van der Waals surface area contributed by atoms with Gasteiger partial charge in [-0.1, -0.05) is 75.2 Å². The molecule has 0 saturated carbocycles. The molecule has 42 heavy (non-hydrogen) atoms. The second kappa shape index (κ2) is 10.7. The molecule has 0 N–H and O–H groups in total. The molecule has 5 nitrogen and oxygen atoms in total. The standard InChI is InChI=1S/C35H38Cl2N2O3/c1-34(2)15-27-32(29(40)17-34)31(33-28(39(27)12-13-42-5)16-35(3,4)18-30(33)41)23-20-38(26-9-7-6-8-22(23)26)19-21-10-11-24(36)25(37)14-21/h6-11,14,20,31H,12-13,15-19H2,1-5H3. The number of carbonyl (C=O) groups excluding carboxylic acids is 2. The largest absolute Gasteiger partial charge is 0.383 e. The first-order valence-corrected chi connectivity index (χ1v) is 15.5. The lowest BCUT2D eigenvalue weighted by Crippen LogP contribution is -2.45. The Labute approximate surface area is 258 Å². The number of carbonyl (C=O) groups is 2. The fraction of sp³-hybridized carbons (Fsp3) is 0.429. The first-order chi connectivity index (χ1) is 19.9. The van der Waals surface area contributed by atoms with Crippen molar-refractivity contribution < 1.29 is 14.3 Å². The Balaban J connectivity index is 1.59. The third kappa shape index (κ3) is 5.14. The van der Waals surface area contributed by atoms with Gasteiger partial charge in [-0.25, -0.2) is 0 Å². The number of benzene rings is 2. The first kappa shape index (κ1) is 29.2. The Hall–Kier alpha value is -2.86. The van der Waals surface area contributed by atoms with E-state index in [2.05, 4.69) is 55.5 Å². The Kier molecular flexibility index (Phi) is 7.44. The lowest BCUT2D eigenvalue weighted by atomic mass is 9.63. The van der Waals surface area contributed by atoms with Gasteiger partial charge in [-0.05, 0) is 53.0 Å². The highest BCUT2D eigenvalue weighted by Gasteiger charge is 2.49. The summed E-state index contributed by atoms with van der Waals surface area (Å²) in [6, 6.07) is 14.0. The molecule has 220 valence electrons. The smallest absolute Gasteiger partial charge is 0.162 e. The van der Waals surface area contributed by atoms with E-state index in [9.17, 15) is 9.59 Å². The minimum atomic E-state index is -0.402. The molecular weight excluding hydrogens is 567 g/mol. The maximum atomic E-state index is 14.2. The normalized spacial score (nSPS) is 20.4. The van der Waals surface area contributed by atoms with Crippen LogP contribution in [-0.2, 0) is 20.9 Å². The van der Waals surface area contributed by atoms with Gasteiger partial charge in [0.2, 0.25) is 0 Å². The van der Waals surface area contributed by atoms with Gasteiger partial charge in [0, 0.05) is 78.6 Å². The second-order valence-corrected chi connectivity index (χ2v) is 14.5. The van der Waals surface area contributed by atoms with Crippen LogP contribution in [0.4, 0.5) is 0 Å². The van der Waals surface area contributed by atoms with Crippen LogP contribution in [0.15, 0.2) is 71.2 Å². The predicted molar refractivity (Wildman–Crippen MR) is 169 cm³/mol. The van der Waals surface area contributed by atoms with Gasteiger partial charge in [-0.2, -0.15) is 0 Å². The molecule has 3 aliphatic rings. The summed E-state index contributed by atoms with van der Waals surface area (Å²) in [5, 5.41) is 2.10. The van der Waals surface area contributed by atoms with Crippen molar-refractivity contribution in [2.45, 2.75) is 65.8 Å². The van der Waals surface area contributed by atoms with Crippen LogP contribution < -0.4 is 0 Å². The number of rotatable bonds is 6. The fourth-order valence-corrected chi connectivity index (χ4v) is 7.60. The number of fused-ring (bicyclic) bond motifs is 1. The highest BCUT2D eigenvalue weighted by atomic mass is 35.5. The maximum absolute atomic E-state index is 14.2. The van der Waals surface area contributed by atoms with Crippen molar-refractivity contribution in [3.63, 3.8) is 0 Å². The SMILES string of the molecule is COCCN1C2=C(C(=O)CC(C)(C)C2)C(c2cn(Cc3ccc(Cl)c(Cl)c3)c3ccccc23)C2=C1CC(C)(C)CC2=O. The quantitative estimate of drug-likeness (QED) is 0.284. The molecule has 0 atom stereocenters. The second-order valence-electron chi connectivity index (χ2n) is 13.7. The highest BCUT2D eigenvalue weighted by Crippen LogP contribution is 2.55. The molecule has 0 bridgehead atoms. The average molecular weight is 606 g/mol. The summed E-state index contributed by atoms with van der Waals surface area (Å²) in [5.41, 5.74) is 6.45. The van der Waals surface area contributed by atoms with E-state index in [0.29, 0.717) is 42.6 Å². The van der Waals surface area contributed by atoms with Crippen molar-refractivity contribution >= 4 is 45.7 Å². The van der Waals surface area contributed by atoms with Gasteiger partial charge in [0.15, 0.2) is 11.6 Å². The molecule has 0 radical (unpaired) electrons. The van der Waals surface area contributed by atoms with Crippen molar-refractivity contribution in [3.8, 4) is 0 Å². The zero-order chi connectivity index (χ0) is 30.0. The molecule has 2 aromatic carbocycles. The van der Waals surface area contributed by atoms with Gasteiger partial charge in [0.1, 0.15) is 0 Å². The van der Waals surface area contributed by atoms with Crippen molar-refractivity contribution in [2.24, 2.45) is 10.8 Å². The number of Topliss-reactive ketones (excluding diaryl/α,β-unsaturated/α-hetero) is 2. The lowest BCUT2D eigenvalue weighted by Gasteiger charge is -2.49. The molecule has 0 fully saturated rings. The van der Waals surface area contributed by atoms with E-state index in [1.54, 1.807) is 7.11 Å². The van der Waals surface area contributed by atoms with E-state index in [1.807, 2.05) is 30.3 Å². The summed E-state index contributed by atoms with van der Waals surface area (Å²) >= 11 is 12.6. The Morgan fingerprint density at radius 3 is 2.07 bits per heavy atom. The first-order valence-electron chi connectivity index (χ1n) is 14.7. The monoisotopic (exact) mass is 604 g/mol. The predicted octanol–water partition coefficient (Wildman–Crippen LogP) is 8.33. The number of nitrogens with zero attached hydrogens (tertiary/aromatic N) is 2. The number of para-hydroxylation sites is 1. The number of ketones is 2. The zero-order valence-corrected chi connectivity index (χ0v) is 26.5. The van der Waals surface area contributed by atoms with E-state index in [0.717, 1.165) is 57.4 Å². The summed E-state index contributed by atoms with van der Waals surface area (Å²) in [6.45, 7) is 10.4. The van der Waals surface area contributed by atoms with Crippen LogP contribution in [0.5, 0.6) is 0 Å². The average Bonchev–Trinajstić information content (AvgIpc) is 3.26. The summed E-state index contributed by atoms with van der Waals surface area (Å²) < 4.78 is 7.73. The number of allylic oxidation sites excluding steroid dienone is 4. The van der Waals surface area contributed by atoms with Crippen LogP contribution in [-0.4, -0.2) is 41.3 Å². The molecule has 0 amide bonds. The van der Waals surface area contributed by atoms with Crippen LogP contribution in [0.1, 0.15) is 70.4 Å². The Bertz CT molecular complexity index is 1620. The minimum Gasteiger partial charge on any atom is -0.383 e. The third-order valence-electron chi connectivity index (χ3n) is 9.01. The van der Waals surface area contributed by atoms with Gasteiger partial charge in [0.25, 0.3) is 0 Å². The third-order valence-corrected chi connectivity index (χ3v) is 9.75. The molecule has 6 rings (SSSR count). The number of methoxy groups -OCH3 is 1. The molecule has 0 saturated heterocycles. The van der Waals surface area contributed by atoms with E-state index >= 15 is 0 Å². The Morgan fingerprint density at radius 2 is 1.48 bits per heavy atom. The van der Waals surface area contributed by atoms with Gasteiger partial charge in [-0.3, -0.25) is 9.59 Å². The number of ether oxygens (including phenoxy) is 1. The Morgan fingerprint density at radius 1 is 0.857 bits per heavy atom. The zero-order valence-electron chi connectivity index (χ0n) is 25.0. The summed E-state index contributed by atoms with van der Waals surface area (Å²) in [6.07, 6.45) is 4.64. The van der Waals surface area contributed by atoms with Crippen molar-refractivity contribution in [1.29, 1.82) is 0 Å². The van der Waals surface area contributed by atoms with Crippen LogP contribution in [0, 0.1) is 10.8 Å². The van der Waals surface area contributed by atoms with Crippen molar-refractivity contribution in [2.75, 3.05) is 20.3 Å². The van der Waals surface area contributed by atoms with Gasteiger partial charge < -0.3 is 14.2 Å². The van der Waals surface area contributed by atoms with Crippen molar-refractivity contribution in [3.05, 3.63) is 92.4 Å². The van der Waals surface area contributed by atoms with E-state index < -0.39 is 5.92 Å². The molecule has 2 aliphatic carbocycles. The van der Waals surface area contributed by atoms with Crippen LogP contribution in [0.25, 0.3) is 10.9 Å². The summed E-state index contributed by atoms with van der Waals surface area (Å²) in [5.74, 6) is -0.126. The number of aromatic nitrogens is 1. The molecule has 1 aromatic heterocycles. The van der Waals surface area contributed by atoms with E-state index in [1.165, 1.54) is 0 Å². The number of halogens is 2.